The lowest BCUT2D eigenvalue weighted by molar-refractivity contribution is -0.329. The first-order valence-corrected chi connectivity index (χ1v) is 19.6. The van der Waals surface area contributed by atoms with E-state index in [1.165, 1.54) is 6.92 Å². The van der Waals surface area contributed by atoms with E-state index in [0.29, 0.717) is 33.2 Å². The number of aliphatic hydroxyl groups is 1. The molecule has 0 radical (unpaired) electrons. The fourth-order valence-corrected chi connectivity index (χ4v) is 6.78. The summed E-state index contributed by atoms with van der Waals surface area (Å²) in [6.45, 7) is 35.0. The van der Waals surface area contributed by atoms with Crippen LogP contribution in [0, 0.1) is 27.1 Å². The van der Waals surface area contributed by atoms with Crippen molar-refractivity contribution in [3.8, 4) is 0 Å². The Kier molecular flexibility index (Phi) is 18.1. The van der Waals surface area contributed by atoms with Crippen LogP contribution in [-0.4, -0.2) is 85.4 Å². The van der Waals surface area contributed by atoms with Gasteiger partial charge in [-0.05, 0) is 121 Å². The highest BCUT2D eigenvalue weighted by Crippen LogP contribution is 2.59. The quantitative estimate of drug-likeness (QED) is 0.0932. The zero-order valence-corrected chi connectivity index (χ0v) is 37.2. The topological polar surface area (TPSA) is 66.4 Å². The van der Waals surface area contributed by atoms with Gasteiger partial charge in [0.15, 0.2) is 0 Å². The zero-order chi connectivity index (χ0) is 42.4. The van der Waals surface area contributed by atoms with Crippen LogP contribution in [0.3, 0.4) is 0 Å². The number of halogens is 5. The SMILES string of the molecule is CCC(C)(COCC(C)(COC(C)(C)C(C)(C)CC(C)(COC(C)C)COC(C)(C)CCOC(C)(C)C)CC(C)(C)O)C(F)(F)C(C)(CC)C(F)(F)F. The predicted octanol–water partition coefficient (Wildman–Crippen LogP) is 11.8. The largest absolute Gasteiger partial charge is 0.399 e. The summed E-state index contributed by atoms with van der Waals surface area (Å²) in [6, 6.07) is 0. The first-order valence-electron chi connectivity index (χ1n) is 19.6. The first-order chi connectivity index (χ1) is 23.3. The van der Waals surface area contributed by atoms with Crippen molar-refractivity contribution in [3.05, 3.63) is 0 Å². The molecule has 1 N–H and O–H groups in total. The molecule has 0 saturated carbocycles. The minimum absolute atomic E-state index is 0.0242. The molecule has 0 aromatic carbocycles. The van der Waals surface area contributed by atoms with E-state index in [1.54, 1.807) is 13.8 Å². The average Bonchev–Trinajstić information content (AvgIpc) is 2.95. The van der Waals surface area contributed by atoms with Crippen molar-refractivity contribution in [2.45, 2.75) is 204 Å². The van der Waals surface area contributed by atoms with Crippen molar-refractivity contribution < 1.29 is 50.7 Å². The van der Waals surface area contributed by atoms with E-state index in [0.717, 1.165) is 20.3 Å². The van der Waals surface area contributed by atoms with Gasteiger partial charge in [0.1, 0.15) is 5.41 Å². The minimum atomic E-state index is -5.11. The molecule has 4 atom stereocenters. The third kappa shape index (κ3) is 15.7. The van der Waals surface area contributed by atoms with Crippen LogP contribution in [0.2, 0.25) is 0 Å². The lowest BCUT2D eigenvalue weighted by atomic mass is 9.66. The van der Waals surface area contributed by atoms with E-state index < -0.39 is 69.0 Å². The number of ether oxygens (including phenoxy) is 5. The summed E-state index contributed by atoms with van der Waals surface area (Å²) in [5.41, 5.74) is -9.57. The molecule has 0 aromatic rings. The normalized spacial score (nSPS) is 19.1. The van der Waals surface area contributed by atoms with Crippen LogP contribution in [0.1, 0.15) is 164 Å². The second-order valence-electron chi connectivity index (χ2n) is 20.8. The van der Waals surface area contributed by atoms with E-state index in [-0.39, 0.29) is 37.8 Å². The molecular weight excluding hydrogens is 695 g/mol. The molecule has 0 heterocycles. The molecule has 0 rings (SSSR count). The summed E-state index contributed by atoms with van der Waals surface area (Å²) >= 11 is 0. The van der Waals surface area contributed by atoms with Gasteiger partial charge in [-0.15, -0.1) is 0 Å². The van der Waals surface area contributed by atoms with Crippen LogP contribution in [0.25, 0.3) is 0 Å². The molecule has 0 aliphatic rings. The monoisotopic (exact) mass is 777 g/mol. The van der Waals surface area contributed by atoms with Crippen LogP contribution in [0.5, 0.6) is 0 Å². The Morgan fingerprint density at radius 1 is 0.585 bits per heavy atom. The summed E-state index contributed by atoms with van der Waals surface area (Å²) in [5, 5.41) is 10.9. The van der Waals surface area contributed by atoms with Crippen molar-refractivity contribution in [2.75, 3.05) is 39.6 Å². The molecule has 0 amide bonds. The predicted molar refractivity (Wildman–Crippen MR) is 206 cm³/mol. The second-order valence-corrected chi connectivity index (χ2v) is 20.8. The Bertz CT molecular complexity index is 1090. The van der Waals surface area contributed by atoms with E-state index in [2.05, 4.69) is 34.6 Å². The van der Waals surface area contributed by atoms with Gasteiger partial charge in [-0.25, -0.2) is 8.78 Å². The molecule has 0 spiro atoms. The molecule has 0 fully saturated rings. The Hall–Kier alpha value is -0.590. The third-order valence-electron chi connectivity index (χ3n) is 11.4. The fraction of sp³-hybridized carbons (Fsp3) is 1.00. The molecule has 53 heavy (non-hydrogen) atoms. The van der Waals surface area contributed by atoms with Crippen LogP contribution in [-0.2, 0) is 23.7 Å². The number of hydrogen-bond acceptors (Lipinski definition) is 6. The fourth-order valence-electron chi connectivity index (χ4n) is 6.78. The van der Waals surface area contributed by atoms with E-state index in [9.17, 15) is 18.3 Å². The zero-order valence-electron chi connectivity index (χ0n) is 37.2. The summed E-state index contributed by atoms with van der Waals surface area (Å²) in [7, 11) is 0. The number of rotatable bonds is 25. The molecule has 320 valence electrons. The van der Waals surface area contributed by atoms with E-state index in [4.69, 9.17) is 23.7 Å². The van der Waals surface area contributed by atoms with Crippen molar-refractivity contribution in [1.82, 2.24) is 0 Å². The molecule has 0 bridgehead atoms. The molecule has 11 heteroatoms. The van der Waals surface area contributed by atoms with Crippen LogP contribution >= 0.6 is 0 Å². The summed E-state index contributed by atoms with van der Waals surface area (Å²) in [6.07, 6.45) is -4.48. The van der Waals surface area contributed by atoms with Gasteiger partial charge in [0, 0.05) is 17.4 Å². The Balaban J connectivity index is 6.19. The van der Waals surface area contributed by atoms with Crippen LogP contribution in [0.4, 0.5) is 22.0 Å². The molecular formula is C42H81F5O6. The van der Waals surface area contributed by atoms with Crippen molar-refractivity contribution in [1.29, 1.82) is 0 Å². The maximum absolute atomic E-state index is 15.9. The molecule has 0 saturated heterocycles. The third-order valence-corrected chi connectivity index (χ3v) is 11.4. The van der Waals surface area contributed by atoms with Gasteiger partial charge in [0.05, 0.1) is 67.0 Å². The van der Waals surface area contributed by atoms with Crippen molar-refractivity contribution in [3.63, 3.8) is 0 Å². The molecule has 0 aromatic heterocycles. The Morgan fingerprint density at radius 3 is 1.49 bits per heavy atom. The van der Waals surface area contributed by atoms with Gasteiger partial charge in [-0.3, -0.25) is 0 Å². The first kappa shape index (κ1) is 52.4. The van der Waals surface area contributed by atoms with Crippen LogP contribution in [0.15, 0.2) is 0 Å². The van der Waals surface area contributed by atoms with Gasteiger partial charge in [-0.2, -0.15) is 13.2 Å². The maximum Gasteiger partial charge on any atom is 0.399 e. The highest BCUT2D eigenvalue weighted by molar-refractivity contribution is 5.03. The van der Waals surface area contributed by atoms with Gasteiger partial charge < -0.3 is 28.8 Å². The van der Waals surface area contributed by atoms with Gasteiger partial charge in [0.25, 0.3) is 5.92 Å². The number of hydrogen-bond donors (Lipinski definition) is 1. The smallest absolute Gasteiger partial charge is 0.390 e. The summed E-state index contributed by atoms with van der Waals surface area (Å²) in [5.74, 6) is -4.11. The van der Waals surface area contributed by atoms with Crippen molar-refractivity contribution >= 4 is 0 Å². The Labute approximate surface area is 321 Å². The molecule has 0 aliphatic carbocycles. The summed E-state index contributed by atoms with van der Waals surface area (Å²) in [4.78, 5) is 0. The van der Waals surface area contributed by atoms with E-state index in [1.807, 2.05) is 55.4 Å². The van der Waals surface area contributed by atoms with Gasteiger partial charge in [-0.1, -0.05) is 48.5 Å². The second kappa shape index (κ2) is 18.3. The molecule has 4 unspecified atom stereocenters. The standard InChI is InChI=1S/C42H81F5O6/c1-20-39(18,41(43,44)40(19,21-2)42(45,46)47)30-49-26-38(17,25-34(10,11)48)29-53-36(14,15)33(8,9)24-37(16,27-50-31(3)4)28-52-35(12,13)22-23-51-32(5,6)7/h31,48H,20-30H2,1-19H3. The number of alkyl halides is 5. The van der Waals surface area contributed by atoms with Gasteiger partial charge >= 0.3 is 6.18 Å². The molecule has 6 nitrogen and oxygen atoms in total. The Morgan fingerprint density at radius 2 is 1.08 bits per heavy atom. The van der Waals surface area contributed by atoms with E-state index >= 15 is 8.78 Å². The maximum atomic E-state index is 15.9. The summed E-state index contributed by atoms with van der Waals surface area (Å²) < 4.78 is 105. The average molecular weight is 777 g/mol. The highest BCUT2D eigenvalue weighted by Gasteiger charge is 2.70. The van der Waals surface area contributed by atoms with Crippen LogP contribution < -0.4 is 0 Å². The van der Waals surface area contributed by atoms with Crippen molar-refractivity contribution in [2.24, 2.45) is 27.1 Å². The lowest BCUT2D eigenvalue weighted by Gasteiger charge is -2.49. The minimum Gasteiger partial charge on any atom is -0.390 e. The van der Waals surface area contributed by atoms with Gasteiger partial charge in [0.2, 0.25) is 0 Å². The highest BCUT2D eigenvalue weighted by atomic mass is 19.4. The molecule has 0 aliphatic heterocycles. The lowest BCUT2D eigenvalue weighted by Crippen LogP contribution is -2.59.